The number of hydrogen-bond acceptors (Lipinski definition) is 7. The molecule has 1 N–H and O–H groups in total. The lowest BCUT2D eigenvalue weighted by Gasteiger charge is -2.09. The van der Waals surface area contributed by atoms with E-state index >= 15 is 0 Å². The number of nitro groups is 1. The third-order valence-electron chi connectivity index (χ3n) is 4.72. The fourth-order valence-electron chi connectivity index (χ4n) is 2.93. The van der Waals surface area contributed by atoms with Gasteiger partial charge in [-0.15, -0.1) is 0 Å². The number of benzene rings is 3. The number of esters is 1. The highest BCUT2D eigenvalue weighted by Crippen LogP contribution is 2.29. The topological polar surface area (TPSA) is 132 Å². The molecule has 9 nitrogen and oxygen atoms in total. The summed E-state index contributed by atoms with van der Waals surface area (Å²) < 4.78 is 10.4. The standard InChI is InChI=1S/C25H19N3O6/c1-16-7-9-17(10-8-16)25(30)34-23-6-4-3-5-18(23)13-19(15-26)24(29)27-21-12-11-20(33-2)14-22(21)28(31)32/h3-14H,1-2H3,(H,27,29)/b19-13+. The summed E-state index contributed by atoms with van der Waals surface area (Å²) >= 11 is 0. The minimum Gasteiger partial charge on any atom is -0.496 e. The highest BCUT2D eigenvalue weighted by Gasteiger charge is 2.20. The third-order valence-corrected chi connectivity index (χ3v) is 4.72. The molecule has 1 amide bonds. The van der Waals surface area contributed by atoms with Gasteiger partial charge in [0, 0.05) is 5.56 Å². The molecule has 0 radical (unpaired) electrons. The molecule has 0 aliphatic rings. The van der Waals surface area contributed by atoms with Gasteiger partial charge in [-0.3, -0.25) is 14.9 Å². The number of nitrogens with one attached hydrogen (secondary N) is 1. The Labute approximate surface area is 195 Å². The Morgan fingerprint density at radius 1 is 1.09 bits per heavy atom. The van der Waals surface area contributed by atoms with Crippen LogP contribution in [-0.4, -0.2) is 23.9 Å². The Kier molecular flexibility index (Phi) is 7.36. The molecule has 0 saturated heterocycles. The number of methoxy groups -OCH3 is 1. The lowest BCUT2D eigenvalue weighted by Crippen LogP contribution is -2.15. The van der Waals surface area contributed by atoms with Gasteiger partial charge in [0.15, 0.2) is 0 Å². The van der Waals surface area contributed by atoms with Gasteiger partial charge in [0.1, 0.15) is 28.8 Å². The Bertz CT molecular complexity index is 1320. The highest BCUT2D eigenvalue weighted by molar-refractivity contribution is 6.10. The van der Waals surface area contributed by atoms with Crippen LogP contribution in [0.25, 0.3) is 6.08 Å². The van der Waals surface area contributed by atoms with Crippen molar-refractivity contribution in [1.29, 1.82) is 5.26 Å². The Morgan fingerprint density at radius 3 is 2.44 bits per heavy atom. The van der Waals surface area contributed by atoms with Crippen LogP contribution in [0.4, 0.5) is 11.4 Å². The molecule has 3 rings (SSSR count). The van der Waals surface area contributed by atoms with Crippen molar-refractivity contribution in [2.75, 3.05) is 12.4 Å². The maximum Gasteiger partial charge on any atom is 0.343 e. The monoisotopic (exact) mass is 457 g/mol. The zero-order chi connectivity index (χ0) is 24.7. The van der Waals surface area contributed by atoms with E-state index in [0.717, 1.165) is 11.6 Å². The number of nitriles is 1. The molecule has 0 heterocycles. The first-order valence-electron chi connectivity index (χ1n) is 9.96. The third kappa shape index (κ3) is 5.63. The summed E-state index contributed by atoms with van der Waals surface area (Å²) in [6.45, 7) is 1.89. The van der Waals surface area contributed by atoms with Crippen LogP contribution >= 0.6 is 0 Å². The van der Waals surface area contributed by atoms with E-state index in [1.54, 1.807) is 48.5 Å². The first-order chi connectivity index (χ1) is 16.3. The zero-order valence-corrected chi connectivity index (χ0v) is 18.3. The number of carbonyl (C=O) groups excluding carboxylic acids is 2. The minimum atomic E-state index is -0.865. The smallest absolute Gasteiger partial charge is 0.343 e. The second-order valence-corrected chi connectivity index (χ2v) is 7.06. The SMILES string of the molecule is COc1ccc(NC(=O)/C(C#N)=C/c2ccccc2OC(=O)c2ccc(C)cc2)c([N+](=O)[O-])c1. The van der Waals surface area contributed by atoms with E-state index in [-0.39, 0.29) is 22.8 Å². The molecule has 0 aliphatic heterocycles. The predicted octanol–water partition coefficient (Wildman–Crippen LogP) is 4.68. The van der Waals surface area contributed by atoms with E-state index < -0.39 is 22.5 Å². The summed E-state index contributed by atoms with van der Waals surface area (Å²) in [5, 5.41) is 23.3. The predicted molar refractivity (Wildman–Crippen MR) is 124 cm³/mol. The van der Waals surface area contributed by atoms with Crippen molar-refractivity contribution in [3.8, 4) is 17.6 Å². The lowest BCUT2D eigenvalue weighted by molar-refractivity contribution is -0.384. The highest BCUT2D eigenvalue weighted by atomic mass is 16.6. The first kappa shape index (κ1) is 23.7. The van der Waals surface area contributed by atoms with Gasteiger partial charge in [-0.05, 0) is 43.3 Å². The second kappa shape index (κ2) is 10.6. The van der Waals surface area contributed by atoms with Crippen molar-refractivity contribution < 1.29 is 24.0 Å². The summed E-state index contributed by atoms with van der Waals surface area (Å²) in [5.74, 6) is -1.08. The fourth-order valence-corrected chi connectivity index (χ4v) is 2.93. The van der Waals surface area contributed by atoms with E-state index in [0.29, 0.717) is 11.1 Å². The maximum absolute atomic E-state index is 12.7. The molecule has 0 atom stereocenters. The van der Waals surface area contributed by atoms with Crippen LogP contribution in [-0.2, 0) is 4.79 Å². The second-order valence-electron chi connectivity index (χ2n) is 7.06. The van der Waals surface area contributed by atoms with Gasteiger partial charge in [0.25, 0.3) is 11.6 Å². The number of aryl methyl sites for hydroxylation is 1. The van der Waals surface area contributed by atoms with Crippen LogP contribution in [0.3, 0.4) is 0 Å². The summed E-state index contributed by atoms with van der Waals surface area (Å²) in [7, 11) is 1.36. The maximum atomic E-state index is 12.7. The van der Waals surface area contributed by atoms with Crippen LogP contribution < -0.4 is 14.8 Å². The van der Waals surface area contributed by atoms with Crippen molar-refractivity contribution in [3.63, 3.8) is 0 Å². The van der Waals surface area contributed by atoms with Crippen molar-refractivity contribution in [2.45, 2.75) is 6.92 Å². The van der Waals surface area contributed by atoms with Gasteiger partial charge >= 0.3 is 5.97 Å². The molecule has 9 heteroatoms. The van der Waals surface area contributed by atoms with Gasteiger partial charge in [0.05, 0.1) is 23.7 Å². The molecule has 0 fully saturated rings. The fraction of sp³-hybridized carbons (Fsp3) is 0.0800. The number of nitrogens with zero attached hydrogens (tertiary/aromatic N) is 2. The number of carbonyl (C=O) groups is 2. The van der Waals surface area contributed by atoms with Crippen LogP contribution in [0.1, 0.15) is 21.5 Å². The van der Waals surface area contributed by atoms with Crippen LogP contribution in [0, 0.1) is 28.4 Å². The van der Waals surface area contributed by atoms with Crippen molar-refractivity contribution in [3.05, 3.63) is 99.1 Å². The minimum absolute atomic E-state index is 0.101. The number of amides is 1. The molecule has 3 aromatic carbocycles. The van der Waals surface area contributed by atoms with E-state index in [1.807, 2.05) is 6.92 Å². The molecular weight excluding hydrogens is 438 g/mol. The molecular formula is C25H19N3O6. The Morgan fingerprint density at radius 2 is 1.79 bits per heavy atom. The first-order valence-corrected chi connectivity index (χ1v) is 9.96. The molecule has 34 heavy (non-hydrogen) atoms. The Hall–Kier alpha value is -4.97. The van der Waals surface area contributed by atoms with Gasteiger partial charge in [-0.1, -0.05) is 35.9 Å². The number of ether oxygens (including phenoxy) is 2. The number of para-hydroxylation sites is 1. The number of nitro benzene ring substituents is 1. The average Bonchev–Trinajstić information content (AvgIpc) is 2.83. The van der Waals surface area contributed by atoms with E-state index in [4.69, 9.17) is 9.47 Å². The Balaban J connectivity index is 1.87. The number of hydrogen-bond donors (Lipinski definition) is 1. The molecule has 3 aromatic rings. The zero-order valence-electron chi connectivity index (χ0n) is 18.3. The van der Waals surface area contributed by atoms with E-state index in [2.05, 4.69) is 5.32 Å². The van der Waals surface area contributed by atoms with Gasteiger partial charge < -0.3 is 14.8 Å². The van der Waals surface area contributed by atoms with Crippen molar-refractivity contribution in [1.82, 2.24) is 0 Å². The molecule has 0 spiro atoms. The van der Waals surface area contributed by atoms with Crippen molar-refractivity contribution in [2.24, 2.45) is 0 Å². The molecule has 0 saturated carbocycles. The summed E-state index contributed by atoms with van der Waals surface area (Å²) in [5.41, 5.74) is 0.799. The van der Waals surface area contributed by atoms with Gasteiger partial charge in [-0.2, -0.15) is 5.26 Å². The van der Waals surface area contributed by atoms with Crippen molar-refractivity contribution >= 4 is 29.3 Å². The quantitative estimate of drug-likeness (QED) is 0.136. The summed E-state index contributed by atoms with van der Waals surface area (Å²) in [6.07, 6.45) is 1.24. The molecule has 0 unspecified atom stereocenters. The largest absolute Gasteiger partial charge is 0.496 e. The van der Waals surface area contributed by atoms with Crippen LogP contribution in [0.15, 0.2) is 72.3 Å². The summed E-state index contributed by atoms with van der Waals surface area (Å²) in [4.78, 5) is 35.9. The number of rotatable bonds is 7. The molecule has 0 bridgehead atoms. The van der Waals surface area contributed by atoms with Crippen LogP contribution in [0.5, 0.6) is 11.5 Å². The normalized spacial score (nSPS) is 10.7. The molecule has 170 valence electrons. The van der Waals surface area contributed by atoms with E-state index in [9.17, 15) is 25.0 Å². The molecule has 0 aliphatic carbocycles. The lowest BCUT2D eigenvalue weighted by atomic mass is 10.1. The van der Waals surface area contributed by atoms with Gasteiger partial charge in [-0.25, -0.2) is 4.79 Å². The number of anilines is 1. The van der Waals surface area contributed by atoms with Crippen LogP contribution in [0.2, 0.25) is 0 Å². The van der Waals surface area contributed by atoms with Gasteiger partial charge in [0.2, 0.25) is 0 Å². The molecule has 0 aromatic heterocycles. The summed E-state index contributed by atoms with van der Waals surface area (Å²) in [6, 6.07) is 18.9. The van der Waals surface area contributed by atoms with E-state index in [1.165, 1.54) is 31.4 Å². The average molecular weight is 457 g/mol.